The molecule has 1 aliphatic heterocycles. The molecule has 8 heteroatoms. The molecule has 2 saturated carbocycles. The molecule has 2 N–H and O–H groups in total. The molecular weight excluding hydrogens is 394 g/mol. The van der Waals surface area contributed by atoms with Crippen molar-refractivity contribution in [1.82, 2.24) is 9.62 Å². The first-order valence-electron chi connectivity index (χ1n) is 10.2. The Labute approximate surface area is 173 Å². The molecule has 3 fully saturated rings. The number of hydrogen-bond donors (Lipinski definition) is 2. The number of methoxy groups -OCH3 is 1. The van der Waals surface area contributed by atoms with E-state index in [-0.39, 0.29) is 4.90 Å². The van der Waals surface area contributed by atoms with Crippen molar-refractivity contribution < 1.29 is 13.2 Å². The van der Waals surface area contributed by atoms with Gasteiger partial charge in [-0.2, -0.15) is 4.31 Å². The number of anilines is 1. The van der Waals surface area contributed by atoms with E-state index in [9.17, 15) is 8.42 Å². The highest BCUT2D eigenvalue weighted by Crippen LogP contribution is 2.44. The summed E-state index contributed by atoms with van der Waals surface area (Å²) in [5.74, 6) is 2.12. The fraction of sp³-hybridized carbons (Fsp3) is 0.650. The quantitative estimate of drug-likeness (QED) is 0.708. The van der Waals surface area contributed by atoms with Crippen molar-refractivity contribution in [2.24, 2.45) is 11.8 Å². The Morgan fingerprint density at radius 1 is 1.18 bits per heavy atom. The molecule has 0 amide bonds. The summed E-state index contributed by atoms with van der Waals surface area (Å²) in [6.07, 6.45) is 8.01. The van der Waals surface area contributed by atoms with Crippen molar-refractivity contribution in [3.05, 3.63) is 18.2 Å². The second kappa shape index (κ2) is 8.16. The van der Waals surface area contributed by atoms with E-state index in [1.54, 1.807) is 29.6 Å². The minimum absolute atomic E-state index is 0.278. The molecule has 154 valence electrons. The number of fused-ring (bicyclic) bond motifs is 2. The Kier molecular flexibility index (Phi) is 5.81. The number of piperidine rings is 1. The van der Waals surface area contributed by atoms with Crippen LogP contribution in [0.5, 0.6) is 5.75 Å². The van der Waals surface area contributed by atoms with Crippen molar-refractivity contribution in [3.63, 3.8) is 0 Å². The van der Waals surface area contributed by atoms with Gasteiger partial charge < -0.3 is 15.4 Å². The molecular formula is C20H29N3O3S2. The van der Waals surface area contributed by atoms with Crippen molar-refractivity contribution in [2.75, 3.05) is 25.5 Å². The fourth-order valence-electron chi connectivity index (χ4n) is 4.95. The van der Waals surface area contributed by atoms with E-state index >= 15 is 0 Å². The molecule has 1 heterocycles. The molecule has 4 rings (SSSR count). The molecule has 6 nitrogen and oxygen atoms in total. The average molecular weight is 424 g/mol. The number of ether oxygens (including phenoxy) is 1. The lowest BCUT2D eigenvalue weighted by atomic mass is 9.96. The Balaban J connectivity index is 1.49. The van der Waals surface area contributed by atoms with Crippen molar-refractivity contribution >= 4 is 33.0 Å². The van der Waals surface area contributed by atoms with E-state index in [2.05, 4.69) is 10.6 Å². The molecule has 1 aromatic carbocycles. The maximum absolute atomic E-state index is 13.0. The SMILES string of the molecule is COc1ccc(S(=O)(=O)N2CCCCC2)cc1NC(=S)NC1CC2CCC1C2. The van der Waals surface area contributed by atoms with Gasteiger partial charge in [-0.25, -0.2) is 8.42 Å². The second-order valence-electron chi connectivity index (χ2n) is 8.21. The zero-order chi connectivity index (χ0) is 19.7. The minimum atomic E-state index is -3.50. The highest BCUT2D eigenvalue weighted by molar-refractivity contribution is 7.89. The van der Waals surface area contributed by atoms with E-state index in [1.165, 1.54) is 25.7 Å². The maximum Gasteiger partial charge on any atom is 0.243 e. The largest absolute Gasteiger partial charge is 0.495 e. The number of nitrogens with one attached hydrogen (secondary N) is 2. The summed E-state index contributed by atoms with van der Waals surface area (Å²) in [4.78, 5) is 0.278. The Morgan fingerprint density at radius 3 is 2.61 bits per heavy atom. The van der Waals surface area contributed by atoms with Gasteiger partial charge in [-0.3, -0.25) is 0 Å². The molecule has 28 heavy (non-hydrogen) atoms. The third kappa shape index (κ3) is 4.00. The van der Waals surface area contributed by atoms with E-state index in [4.69, 9.17) is 17.0 Å². The van der Waals surface area contributed by atoms with E-state index in [1.807, 2.05) is 0 Å². The van der Waals surface area contributed by atoms with Gasteiger partial charge in [-0.1, -0.05) is 12.8 Å². The molecule has 1 saturated heterocycles. The lowest BCUT2D eigenvalue weighted by Gasteiger charge is -2.27. The number of hydrogen-bond acceptors (Lipinski definition) is 4. The van der Waals surface area contributed by atoms with Crippen LogP contribution in [0.3, 0.4) is 0 Å². The first-order valence-corrected chi connectivity index (χ1v) is 12.1. The number of benzene rings is 1. The molecule has 2 bridgehead atoms. The van der Waals surface area contributed by atoms with E-state index in [0.29, 0.717) is 41.6 Å². The predicted octanol–water partition coefficient (Wildman–Crippen LogP) is 3.34. The zero-order valence-electron chi connectivity index (χ0n) is 16.3. The van der Waals surface area contributed by atoms with E-state index < -0.39 is 10.0 Å². The van der Waals surface area contributed by atoms with Gasteiger partial charge in [0.25, 0.3) is 0 Å². The highest BCUT2D eigenvalue weighted by Gasteiger charge is 2.39. The van der Waals surface area contributed by atoms with Gasteiger partial charge in [0.15, 0.2) is 5.11 Å². The van der Waals surface area contributed by atoms with Crippen LogP contribution in [0.2, 0.25) is 0 Å². The lowest BCUT2D eigenvalue weighted by Crippen LogP contribution is -2.41. The molecule has 0 aromatic heterocycles. The number of sulfonamides is 1. The summed E-state index contributed by atoms with van der Waals surface area (Å²) < 4.78 is 33.0. The standard InChI is InChI=1S/C20H29N3O3S2/c1-26-19-8-7-16(28(24,25)23-9-3-2-4-10-23)13-18(19)22-20(27)21-17-12-14-5-6-15(17)11-14/h7-8,13-15,17H,2-6,9-12H2,1H3,(H2,21,22,27). The summed E-state index contributed by atoms with van der Waals surface area (Å²) >= 11 is 5.52. The van der Waals surface area contributed by atoms with Crippen LogP contribution in [0.25, 0.3) is 0 Å². The number of nitrogens with zero attached hydrogens (tertiary/aromatic N) is 1. The highest BCUT2D eigenvalue weighted by atomic mass is 32.2. The van der Waals surface area contributed by atoms with Gasteiger partial charge in [0.1, 0.15) is 5.75 Å². The normalized spacial score (nSPS) is 27.5. The molecule has 1 aromatic rings. The van der Waals surface area contributed by atoms with Crippen molar-refractivity contribution in [2.45, 2.75) is 55.9 Å². The fourth-order valence-corrected chi connectivity index (χ4v) is 6.75. The van der Waals surface area contributed by atoms with Crippen LogP contribution in [0, 0.1) is 11.8 Å². The van der Waals surface area contributed by atoms with Crippen LogP contribution >= 0.6 is 12.2 Å². The minimum Gasteiger partial charge on any atom is -0.495 e. The second-order valence-corrected chi connectivity index (χ2v) is 10.6. The molecule has 0 spiro atoms. The number of thiocarbonyl (C=S) groups is 1. The van der Waals surface area contributed by atoms with Gasteiger partial charge in [-0.15, -0.1) is 0 Å². The van der Waals surface area contributed by atoms with Crippen molar-refractivity contribution in [3.8, 4) is 5.75 Å². The lowest BCUT2D eigenvalue weighted by molar-refractivity contribution is 0.346. The van der Waals surface area contributed by atoms with Crippen LogP contribution < -0.4 is 15.4 Å². The predicted molar refractivity (Wildman–Crippen MR) is 114 cm³/mol. The van der Waals surface area contributed by atoms with Crippen LogP contribution in [-0.4, -0.2) is 44.1 Å². The van der Waals surface area contributed by atoms with Gasteiger partial charge in [0, 0.05) is 19.1 Å². The summed E-state index contributed by atoms with van der Waals surface area (Å²) in [7, 11) is -1.93. The monoisotopic (exact) mass is 423 g/mol. The van der Waals surface area contributed by atoms with Gasteiger partial charge in [0.2, 0.25) is 10.0 Å². The summed E-state index contributed by atoms with van der Waals surface area (Å²) in [5, 5.41) is 7.14. The smallest absolute Gasteiger partial charge is 0.243 e. The van der Waals surface area contributed by atoms with Gasteiger partial charge in [-0.05, 0) is 74.4 Å². The van der Waals surface area contributed by atoms with Crippen LogP contribution in [-0.2, 0) is 10.0 Å². The maximum atomic E-state index is 13.0. The van der Waals surface area contributed by atoms with Gasteiger partial charge >= 0.3 is 0 Å². The molecule has 0 radical (unpaired) electrons. The molecule has 3 atom stereocenters. The summed E-state index contributed by atoms with van der Waals surface area (Å²) in [6, 6.07) is 5.36. The van der Waals surface area contributed by atoms with Crippen LogP contribution in [0.4, 0.5) is 5.69 Å². The van der Waals surface area contributed by atoms with Crippen molar-refractivity contribution in [1.29, 1.82) is 0 Å². The van der Waals surface area contributed by atoms with Gasteiger partial charge in [0.05, 0.1) is 17.7 Å². The zero-order valence-corrected chi connectivity index (χ0v) is 17.9. The average Bonchev–Trinajstić information content (AvgIpc) is 3.31. The molecule has 3 unspecified atom stereocenters. The first kappa shape index (κ1) is 19.9. The Bertz CT molecular complexity index is 837. The Hall–Kier alpha value is -1.38. The molecule has 3 aliphatic rings. The van der Waals surface area contributed by atoms with Crippen LogP contribution in [0.1, 0.15) is 44.9 Å². The third-order valence-corrected chi connectivity index (χ3v) is 8.54. The first-order chi connectivity index (χ1) is 13.5. The van der Waals surface area contributed by atoms with Crippen LogP contribution in [0.15, 0.2) is 23.1 Å². The summed E-state index contributed by atoms with van der Waals surface area (Å²) in [5.41, 5.74) is 0.584. The molecule has 2 aliphatic carbocycles. The van der Waals surface area contributed by atoms with E-state index in [0.717, 1.165) is 25.2 Å². The number of rotatable bonds is 5. The Morgan fingerprint density at radius 2 is 1.96 bits per heavy atom. The topological polar surface area (TPSA) is 70.7 Å². The summed E-state index contributed by atoms with van der Waals surface area (Å²) in [6.45, 7) is 1.17. The third-order valence-electron chi connectivity index (χ3n) is 6.43.